The number of ether oxygens (including phenoxy) is 1. The molecule has 1 aliphatic rings. The maximum absolute atomic E-state index is 5.67. The van der Waals surface area contributed by atoms with Crippen LogP contribution in [0.15, 0.2) is 16.8 Å². The molecule has 0 radical (unpaired) electrons. The van der Waals surface area contributed by atoms with E-state index in [2.05, 4.69) is 34.0 Å². The van der Waals surface area contributed by atoms with Crippen molar-refractivity contribution >= 4 is 11.3 Å². The Morgan fingerprint density at radius 3 is 2.89 bits per heavy atom. The van der Waals surface area contributed by atoms with E-state index in [1.165, 1.54) is 38.0 Å². The molecule has 19 heavy (non-hydrogen) atoms. The van der Waals surface area contributed by atoms with Crippen molar-refractivity contribution in [2.45, 2.75) is 32.3 Å². The molecule has 1 aliphatic heterocycles. The third-order valence-electron chi connectivity index (χ3n) is 3.71. The van der Waals surface area contributed by atoms with Crippen LogP contribution in [0.1, 0.15) is 25.3 Å². The molecule has 1 aromatic heterocycles. The van der Waals surface area contributed by atoms with E-state index in [1.807, 2.05) is 0 Å². The Morgan fingerprint density at radius 1 is 1.37 bits per heavy atom. The van der Waals surface area contributed by atoms with Crippen LogP contribution in [0.5, 0.6) is 0 Å². The molecule has 0 saturated carbocycles. The average molecular weight is 282 g/mol. The first-order chi connectivity index (χ1) is 9.38. The predicted molar refractivity (Wildman–Crippen MR) is 82.0 cm³/mol. The molecule has 1 aromatic rings. The lowest BCUT2D eigenvalue weighted by Gasteiger charge is -2.31. The van der Waals surface area contributed by atoms with Crippen LogP contribution < -0.4 is 5.32 Å². The minimum absolute atomic E-state index is 0.507. The normalized spacial score (nSPS) is 17.9. The number of piperidine rings is 1. The maximum Gasteiger partial charge on any atom is 0.0599 e. The summed E-state index contributed by atoms with van der Waals surface area (Å²) in [7, 11) is 0. The topological polar surface area (TPSA) is 24.5 Å². The average Bonchev–Trinajstić information content (AvgIpc) is 2.94. The van der Waals surface area contributed by atoms with Crippen molar-refractivity contribution in [3.63, 3.8) is 0 Å². The first-order valence-electron chi connectivity index (χ1n) is 7.44. The number of rotatable bonds is 8. The molecule has 1 fully saturated rings. The molecule has 0 aromatic carbocycles. The second-order valence-electron chi connectivity index (χ2n) is 5.13. The highest BCUT2D eigenvalue weighted by molar-refractivity contribution is 7.07. The lowest BCUT2D eigenvalue weighted by Crippen LogP contribution is -2.40. The molecule has 0 bridgehead atoms. The van der Waals surface area contributed by atoms with Gasteiger partial charge in [-0.05, 0) is 55.1 Å². The Balaban J connectivity index is 1.48. The summed E-state index contributed by atoms with van der Waals surface area (Å²) >= 11 is 1.78. The molecule has 2 rings (SSSR count). The Labute approximate surface area is 121 Å². The standard InChI is InChI=1S/C15H26N2OS/c1-2-18-15-4-9-17(10-5-15)11-8-16-7-3-14-6-12-19-13-14/h6,12-13,15-16H,2-5,7-11H2,1H3. The van der Waals surface area contributed by atoms with Crippen molar-refractivity contribution in [2.75, 3.05) is 39.3 Å². The lowest BCUT2D eigenvalue weighted by atomic mass is 10.1. The zero-order valence-corrected chi connectivity index (χ0v) is 12.8. The van der Waals surface area contributed by atoms with Gasteiger partial charge in [0.1, 0.15) is 0 Å². The molecule has 3 nitrogen and oxygen atoms in total. The highest BCUT2D eigenvalue weighted by Crippen LogP contribution is 2.12. The zero-order valence-electron chi connectivity index (χ0n) is 11.9. The van der Waals surface area contributed by atoms with E-state index >= 15 is 0 Å². The molecule has 0 amide bonds. The summed E-state index contributed by atoms with van der Waals surface area (Å²) < 4.78 is 5.67. The SMILES string of the molecule is CCOC1CCN(CCNCCc2ccsc2)CC1. The van der Waals surface area contributed by atoms with Crippen molar-refractivity contribution in [1.29, 1.82) is 0 Å². The highest BCUT2D eigenvalue weighted by atomic mass is 32.1. The van der Waals surface area contributed by atoms with E-state index in [1.54, 1.807) is 11.3 Å². The predicted octanol–water partition coefficient (Wildman–Crippen LogP) is 2.38. The maximum atomic E-state index is 5.67. The summed E-state index contributed by atoms with van der Waals surface area (Å²) in [6, 6.07) is 2.21. The molecule has 108 valence electrons. The van der Waals surface area contributed by atoms with E-state index in [9.17, 15) is 0 Å². The van der Waals surface area contributed by atoms with Crippen molar-refractivity contribution in [3.05, 3.63) is 22.4 Å². The van der Waals surface area contributed by atoms with Crippen LogP contribution in [-0.4, -0.2) is 50.3 Å². The van der Waals surface area contributed by atoms with Crippen LogP contribution in [0.25, 0.3) is 0 Å². The van der Waals surface area contributed by atoms with Crippen molar-refractivity contribution in [2.24, 2.45) is 0 Å². The summed E-state index contributed by atoms with van der Waals surface area (Å²) in [6.07, 6.45) is 4.05. The monoisotopic (exact) mass is 282 g/mol. The Morgan fingerprint density at radius 2 is 2.21 bits per heavy atom. The van der Waals surface area contributed by atoms with Crippen LogP contribution in [0.3, 0.4) is 0 Å². The number of likely N-dealkylation sites (tertiary alicyclic amines) is 1. The van der Waals surface area contributed by atoms with Crippen LogP contribution >= 0.6 is 11.3 Å². The second-order valence-corrected chi connectivity index (χ2v) is 5.91. The number of nitrogens with one attached hydrogen (secondary N) is 1. The summed E-state index contributed by atoms with van der Waals surface area (Å²) in [5.74, 6) is 0. The van der Waals surface area contributed by atoms with Gasteiger partial charge in [0.2, 0.25) is 0 Å². The minimum Gasteiger partial charge on any atom is -0.378 e. The van der Waals surface area contributed by atoms with E-state index in [0.29, 0.717) is 6.10 Å². The quantitative estimate of drug-likeness (QED) is 0.741. The summed E-state index contributed by atoms with van der Waals surface area (Å²) in [5.41, 5.74) is 1.45. The summed E-state index contributed by atoms with van der Waals surface area (Å²) in [5, 5.41) is 7.93. The molecular weight excluding hydrogens is 256 g/mol. The van der Waals surface area contributed by atoms with Crippen molar-refractivity contribution in [3.8, 4) is 0 Å². The van der Waals surface area contributed by atoms with Crippen LogP contribution in [0, 0.1) is 0 Å². The second kappa shape index (κ2) is 8.69. The minimum atomic E-state index is 0.507. The fraction of sp³-hybridized carbons (Fsp3) is 0.733. The number of thiophene rings is 1. The van der Waals surface area contributed by atoms with Gasteiger partial charge in [0.15, 0.2) is 0 Å². The first kappa shape index (κ1) is 15.0. The highest BCUT2D eigenvalue weighted by Gasteiger charge is 2.18. The number of nitrogens with zero attached hydrogens (tertiary/aromatic N) is 1. The Bertz CT molecular complexity index is 321. The Kier molecular flexibility index (Phi) is 6.85. The molecule has 0 atom stereocenters. The van der Waals surface area contributed by atoms with Gasteiger partial charge in [0.05, 0.1) is 6.10 Å². The van der Waals surface area contributed by atoms with Gasteiger partial charge in [-0.25, -0.2) is 0 Å². The first-order valence-corrected chi connectivity index (χ1v) is 8.38. The van der Waals surface area contributed by atoms with Gasteiger partial charge in [0, 0.05) is 32.8 Å². The molecule has 0 unspecified atom stereocenters. The van der Waals surface area contributed by atoms with Gasteiger partial charge in [-0.15, -0.1) is 0 Å². The van der Waals surface area contributed by atoms with Crippen molar-refractivity contribution < 1.29 is 4.74 Å². The zero-order chi connectivity index (χ0) is 13.3. The van der Waals surface area contributed by atoms with Gasteiger partial charge < -0.3 is 15.0 Å². The van der Waals surface area contributed by atoms with Gasteiger partial charge in [-0.3, -0.25) is 0 Å². The van der Waals surface area contributed by atoms with Crippen LogP contribution in [0.4, 0.5) is 0 Å². The molecule has 2 heterocycles. The smallest absolute Gasteiger partial charge is 0.0599 e. The van der Waals surface area contributed by atoms with Gasteiger partial charge in [0.25, 0.3) is 0 Å². The van der Waals surface area contributed by atoms with E-state index in [-0.39, 0.29) is 0 Å². The van der Waals surface area contributed by atoms with Crippen LogP contribution in [-0.2, 0) is 11.2 Å². The number of hydrogen-bond acceptors (Lipinski definition) is 4. The largest absolute Gasteiger partial charge is 0.378 e. The summed E-state index contributed by atoms with van der Waals surface area (Å²) in [6.45, 7) is 8.68. The molecule has 4 heteroatoms. The molecule has 1 saturated heterocycles. The third-order valence-corrected chi connectivity index (χ3v) is 4.44. The van der Waals surface area contributed by atoms with Gasteiger partial charge in [-0.1, -0.05) is 0 Å². The third kappa shape index (κ3) is 5.61. The number of hydrogen-bond donors (Lipinski definition) is 1. The van der Waals surface area contributed by atoms with E-state index < -0.39 is 0 Å². The summed E-state index contributed by atoms with van der Waals surface area (Å²) in [4.78, 5) is 2.55. The fourth-order valence-corrected chi connectivity index (χ4v) is 3.27. The van der Waals surface area contributed by atoms with E-state index in [4.69, 9.17) is 4.74 Å². The molecular formula is C15H26N2OS. The van der Waals surface area contributed by atoms with Gasteiger partial charge >= 0.3 is 0 Å². The molecule has 0 aliphatic carbocycles. The van der Waals surface area contributed by atoms with Crippen LogP contribution in [0.2, 0.25) is 0 Å². The lowest BCUT2D eigenvalue weighted by molar-refractivity contribution is 0.0146. The molecule has 0 spiro atoms. The van der Waals surface area contributed by atoms with Gasteiger partial charge in [-0.2, -0.15) is 11.3 Å². The Hall–Kier alpha value is -0.420. The van der Waals surface area contributed by atoms with E-state index in [0.717, 1.165) is 26.1 Å². The molecule has 1 N–H and O–H groups in total. The fourth-order valence-electron chi connectivity index (χ4n) is 2.57. The van der Waals surface area contributed by atoms with Crippen molar-refractivity contribution in [1.82, 2.24) is 10.2 Å².